The van der Waals surface area contributed by atoms with Crippen LogP contribution < -0.4 is 9.47 Å². The zero-order valence-corrected chi connectivity index (χ0v) is 22.8. The summed E-state index contributed by atoms with van der Waals surface area (Å²) >= 11 is 5.57. The third-order valence-electron chi connectivity index (χ3n) is 6.67. The Morgan fingerprint density at radius 1 is 1.31 bits per heavy atom. The van der Waals surface area contributed by atoms with Crippen LogP contribution in [0.4, 0.5) is 0 Å². The lowest BCUT2D eigenvalue weighted by Gasteiger charge is -2.41. The molecule has 190 valence electrons. The molecule has 4 atom stereocenters. The number of nitrogens with zero attached hydrogens (tertiary/aromatic N) is 3. The quantitative estimate of drug-likeness (QED) is 0.259. The lowest BCUT2D eigenvalue weighted by Crippen LogP contribution is -2.46. The Bertz CT molecular complexity index is 1220. The first kappa shape index (κ1) is 24.8. The standard InChI is InChI=1S/C26H31N3O5SSi/c1-17(30)33-19(6-10-36(2,3)4)12-21-20-13-24-23(31-16-32-24)11-18(20)14-28-8-5-22(25(21)28)34-26(35)29-9-7-27-15-29/h7,9,11,13,15,19,21-22,25H,5,8,12,14,16H2,1-4H3/t19-,21-,22+,25-/m1/s1. The number of benzene rings is 1. The van der Waals surface area contributed by atoms with Crippen molar-refractivity contribution in [1.82, 2.24) is 14.5 Å². The maximum absolute atomic E-state index is 12.0. The molecule has 8 nitrogen and oxygen atoms in total. The molecule has 0 amide bonds. The van der Waals surface area contributed by atoms with Gasteiger partial charge in [-0.25, -0.2) is 4.98 Å². The molecule has 3 aliphatic heterocycles. The summed E-state index contributed by atoms with van der Waals surface area (Å²) in [5, 5.41) is 0.379. The van der Waals surface area contributed by atoms with Gasteiger partial charge >= 0.3 is 5.97 Å². The average molecular weight is 526 g/mol. The van der Waals surface area contributed by atoms with E-state index < -0.39 is 14.2 Å². The van der Waals surface area contributed by atoms with Gasteiger partial charge in [0, 0.05) is 44.7 Å². The third-order valence-corrected chi connectivity index (χ3v) is 7.88. The largest absolute Gasteiger partial charge is 0.465 e. The molecular weight excluding hydrogens is 494 g/mol. The molecule has 0 unspecified atom stereocenters. The van der Waals surface area contributed by atoms with Gasteiger partial charge in [0.25, 0.3) is 5.17 Å². The van der Waals surface area contributed by atoms with E-state index >= 15 is 0 Å². The molecule has 2 aromatic rings. The second-order valence-electron chi connectivity index (χ2n) is 10.5. The summed E-state index contributed by atoms with van der Waals surface area (Å²) < 4.78 is 25.2. The average Bonchev–Trinajstić information content (AvgIpc) is 3.56. The second kappa shape index (κ2) is 9.88. The van der Waals surface area contributed by atoms with Gasteiger partial charge in [-0.2, -0.15) is 0 Å². The van der Waals surface area contributed by atoms with E-state index in [4.69, 9.17) is 31.2 Å². The first-order valence-electron chi connectivity index (χ1n) is 12.2. The van der Waals surface area contributed by atoms with Crippen LogP contribution in [0.1, 0.15) is 36.8 Å². The van der Waals surface area contributed by atoms with Crippen LogP contribution in [0.15, 0.2) is 30.9 Å². The Hall–Kier alpha value is -2.87. The van der Waals surface area contributed by atoms with Gasteiger partial charge in [0.2, 0.25) is 6.79 Å². The highest BCUT2D eigenvalue weighted by atomic mass is 32.1. The molecule has 36 heavy (non-hydrogen) atoms. The molecule has 4 heterocycles. The first-order valence-corrected chi connectivity index (χ1v) is 16.1. The van der Waals surface area contributed by atoms with Gasteiger partial charge in [-0.1, -0.05) is 25.6 Å². The number of ether oxygens (including phenoxy) is 4. The topological polar surface area (TPSA) is 75.0 Å². The van der Waals surface area contributed by atoms with E-state index in [2.05, 4.69) is 53.1 Å². The third kappa shape index (κ3) is 5.28. The zero-order valence-electron chi connectivity index (χ0n) is 21.0. The van der Waals surface area contributed by atoms with Crippen molar-refractivity contribution >= 4 is 31.4 Å². The fourth-order valence-electron chi connectivity index (χ4n) is 5.25. The van der Waals surface area contributed by atoms with Crippen molar-refractivity contribution in [2.75, 3.05) is 13.3 Å². The van der Waals surface area contributed by atoms with Crippen LogP contribution in [0.25, 0.3) is 0 Å². The Kier molecular flexibility index (Phi) is 6.81. The number of hydrogen-bond acceptors (Lipinski definition) is 8. The van der Waals surface area contributed by atoms with Crippen molar-refractivity contribution in [3.8, 4) is 23.0 Å². The molecule has 0 N–H and O–H groups in total. The highest BCUT2D eigenvalue weighted by Crippen LogP contribution is 2.47. The van der Waals surface area contributed by atoms with Gasteiger partial charge in [-0.3, -0.25) is 14.3 Å². The van der Waals surface area contributed by atoms with Crippen LogP contribution in [-0.4, -0.2) is 65.3 Å². The second-order valence-corrected chi connectivity index (χ2v) is 15.6. The Morgan fingerprint density at radius 2 is 2.08 bits per heavy atom. The number of esters is 1. The normalized spacial score (nSPS) is 23.2. The van der Waals surface area contributed by atoms with E-state index in [-0.39, 0.29) is 30.8 Å². The van der Waals surface area contributed by atoms with Gasteiger partial charge < -0.3 is 18.9 Å². The summed E-state index contributed by atoms with van der Waals surface area (Å²) in [6, 6.07) is 4.21. The van der Waals surface area contributed by atoms with Gasteiger partial charge in [0.05, 0.1) is 6.04 Å². The summed E-state index contributed by atoms with van der Waals surface area (Å²) in [7, 11) is -1.66. The van der Waals surface area contributed by atoms with Crippen LogP contribution in [-0.2, 0) is 20.8 Å². The molecule has 10 heteroatoms. The summed E-state index contributed by atoms with van der Waals surface area (Å²) in [5.41, 5.74) is 5.75. The van der Waals surface area contributed by atoms with Crippen LogP contribution in [0.5, 0.6) is 11.5 Å². The SMILES string of the molecule is CC(=O)O[C@H](C#C[Si](C)(C)C)C[C@@H]1c2cc3c(cc2CN2CC[C@H](OC(=S)n4ccnc4)[C@@H]12)OCO3. The minimum absolute atomic E-state index is 0.00150. The first-order chi connectivity index (χ1) is 17.2. The predicted molar refractivity (Wildman–Crippen MR) is 141 cm³/mol. The van der Waals surface area contributed by atoms with Crippen molar-refractivity contribution in [3.05, 3.63) is 42.0 Å². The van der Waals surface area contributed by atoms with E-state index in [9.17, 15) is 4.79 Å². The number of carbonyl (C=O) groups excluding carboxylic acids is 1. The highest BCUT2D eigenvalue weighted by Gasteiger charge is 2.47. The van der Waals surface area contributed by atoms with Gasteiger partial charge in [-0.05, 0) is 41.9 Å². The number of thiocarbonyl (C=S) groups is 1. The Balaban J connectivity index is 1.50. The zero-order chi connectivity index (χ0) is 25.4. The minimum atomic E-state index is -1.66. The smallest absolute Gasteiger partial charge is 0.303 e. The van der Waals surface area contributed by atoms with Crippen molar-refractivity contribution in [2.24, 2.45) is 0 Å². The molecule has 5 rings (SSSR count). The fraction of sp³-hybridized carbons (Fsp3) is 0.500. The van der Waals surface area contributed by atoms with Gasteiger partial charge in [-0.15, -0.1) is 5.54 Å². The Morgan fingerprint density at radius 3 is 2.78 bits per heavy atom. The van der Waals surface area contributed by atoms with Crippen LogP contribution in [0, 0.1) is 11.5 Å². The lowest BCUT2D eigenvalue weighted by molar-refractivity contribution is -0.144. The molecule has 0 saturated carbocycles. The number of imidazole rings is 1. The molecular formula is C26H31N3O5SSi. The highest BCUT2D eigenvalue weighted by molar-refractivity contribution is 7.80. The van der Waals surface area contributed by atoms with Gasteiger partial charge in [0.15, 0.2) is 17.6 Å². The number of carbonyl (C=O) groups is 1. The molecule has 1 aromatic carbocycles. The minimum Gasteiger partial charge on any atom is -0.465 e. The van der Waals surface area contributed by atoms with Crippen LogP contribution >= 0.6 is 12.2 Å². The molecule has 1 fully saturated rings. The van der Waals surface area contributed by atoms with Crippen LogP contribution in [0.2, 0.25) is 19.6 Å². The predicted octanol–water partition coefficient (Wildman–Crippen LogP) is 3.70. The molecule has 0 aliphatic carbocycles. The summed E-state index contributed by atoms with van der Waals surface area (Å²) in [5.74, 6) is 4.48. The van der Waals surface area contributed by atoms with Crippen molar-refractivity contribution in [2.45, 2.75) is 70.1 Å². The van der Waals surface area contributed by atoms with E-state index in [1.54, 1.807) is 23.3 Å². The van der Waals surface area contributed by atoms with Crippen LogP contribution in [0.3, 0.4) is 0 Å². The maximum atomic E-state index is 12.0. The van der Waals surface area contributed by atoms with Crippen molar-refractivity contribution in [1.29, 1.82) is 0 Å². The molecule has 0 radical (unpaired) electrons. The fourth-order valence-corrected chi connectivity index (χ4v) is 6.07. The number of hydrogen-bond donors (Lipinski definition) is 0. The summed E-state index contributed by atoms with van der Waals surface area (Å²) in [6.45, 7) is 9.86. The maximum Gasteiger partial charge on any atom is 0.303 e. The lowest BCUT2D eigenvalue weighted by atomic mass is 9.79. The van der Waals surface area contributed by atoms with E-state index in [0.29, 0.717) is 11.6 Å². The molecule has 0 spiro atoms. The Labute approximate surface area is 217 Å². The van der Waals surface area contributed by atoms with E-state index in [0.717, 1.165) is 36.6 Å². The molecule has 0 bridgehead atoms. The van der Waals surface area contributed by atoms with E-state index in [1.165, 1.54) is 12.5 Å². The van der Waals surface area contributed by atoms with E-state index in [1.807, 2.05) is 0 Å². The number of rotatable bonds is 4. The molecule has 1 saturated heterocycles. The summed E-state index contributed by atoms with van der Waals surface area (Å²) in [4.78, 5) is 18.5. The molecule has 3 aliphatic rings. The number of aromatic nitrogens is 2. The monoisotopic (exact) mass is 525 g/mol. The number of fused-ring (bicyclic) bond motifs is 3. The van der Waals surface area contributed by atoms with Gasteiger partial charge in [0.1, 0.15) is 20.5 Å². The summed E-state index contributed by atoms with van der Waals surface area (Å²) in [6.07, 6.45) is 5.88. The van der Waals surface area contributed by atoms with Crippen molar-refractivity contribution < 1.29 is 23.7 Å². The van der Waals surface area contributed by atoms with Crippen molar-refractivity contribution in [3.63, 3.8) is 0 Å². The molecule has 1 aromatic heterocycles.